The summed E-state index contributed by atoms with van der Waals surface area (Å²) in [6.07, 6.45) is -0.673. The fourth-order valence-corrected chi connectivity index (χ4v) is 0.659. The molecule has 0 atom stereocenters. The highest BCUT2D eigenvalue weighted by Crippen LogP contribution is 2.09. The van der Waals surface area contributed by atoms with Crippen molar-refractivity contribution in [3.05, 3.63) is 29.8 Å². The maximum Gasteiger partial charge on any atom is 0.150 e. The van der Waals surface area contributed by atoms with Gasteiger partial charge in [0.05, 0.1) is 7.11 Å². The van der Waals surface area contributed by atoms with Crippen LogP contribution in [0.5, 0.6) is 5.75 Å². The lowest BCUT2D eigenvalue weighted by Crippen LogP contribution is -1.82. The number of aldehydes is 1. The van der Waals surface area contributed by atoms with Crippen molar-refractivity contribution < 1.29 is 10.9 Å². The number of ether oxygens (including phenoxy) is 1. The smallest absolute Gasteiger partial charge is 0.150 e. The summed E-state index contributed by atoms with van der Waals surface area (Å²) >= 11 is 0. The quantitative estimate of drug-likeness (QED) is 0.457. The van der Waals surface area contributed by atoms with Crippen molar-refractivity contribution in [3.8, 4) is 5.75 Å². The monoisotopic (exact) mass is 138 g/mol. The Bertz CT molecular complexity index is 253. The Morgan fingerprint density at radius 1 is 1.50 bits per heavy atom. The van der Waals surface area contributed by atoms with E-state index in [-0.39, 0.29) is 0 Å². The minimum absolute atomic E-state index is 0.380. The van der Waals surface area contributed by atoms with Crippen LogP contribution in [0.2, 0.25) is 0 Å². The van der Waals surface area contributed by atoms with Crippen LogP contribution in [0.15, 0.2) is 24.3 Å². The molecule has 10 heavy (non-hydrogen) atoms. The summed E-state index contributed by atoms with van der Waals surface area (Å²) in [7, 11) is 1.55. The van der Waals surface area contributed by atoms with Crippen molar-refractivity contribution in [1.82, 2.24) is 0 Å². The van der Waals surface area contributed by atoms with Gasteiger partial charge in [-0.05, 0) is 24.3 Å². The zero-order chi connectivity index (χ0) is 8.27. The highest BCUT2D eigenvalue weighted by Gasteiger charge is 1.89. The minimum atomic E-state index is -0.673. The van der Waals surface area contributed by atoms with Gasteiger partial charge in [-0.15, -0.1) is 0 Å². The van der Waals surface area contributed by atoms with Gasteiger partial charge in [-0.3, -0.25) is 4.79 Å². The van der Waals surface area contributed by atoms with Crippen LogP contribution in [0, 0.1) is 0 Å². The van der Waals surface area contributed by atoms with Gasteiger partial charge >= 0.3 is 0 Å². The maximum atomic E-state index is 10.5. The SMILES string of the molecule is [2H][13C](=O)c1ccc(OC)cc1. The summed E-state index contributed by atoms with van der Waals surface area (Å²) in [5.74, 6) is 0.690. The molecule has 0 saturated heterocycles. The van der Waals surface area contributed by atoms with Gasteiger partial charge < -0.3 is 4.74 Å². The number of hydrogen-bond donors (Lipinski definition) is 0. The summed E-state index contributed by atoms with van der Waals surface area (Å²) in [6.45, 7) is 0. The normalized spacial score (nSPS) is 10.3. The van der Waals surface area contributed by atoms with Crippen LogP contribution in [-0.4, -0.2) is 13.4 Å². The first kappa shape index (κ1) is 5.47. The molecule has 0 aliphatic carbocycles. The minimum Gasteiger partial charge on any atom is -0.497 e. The number of hydrogen-bond acceptors (Lipinski definition) is 2. The summed E-state index contributed by atoms with van der Waals surface area (Å²) in [5.41, 5.74) is 0.380. The predicted octanol–water partition coefficient (Wildman–Crippen LogP) is 1.51. The lowest BCUT2D eigenvalue weighted by molar-refractivity contribution is 0.112. The van der Waals surface area contributed by atoms with Gasteiger partial charge in [-0.1, -0.05) is 0 Å². The van der Waals surface area contributed by atoms with Crippen LogP contribution >= 0.6 is 0 Å². The van der Waals surface area contributed by atoms with E-state index in [1.807, 2.05) is 0 Å². The average Bonchev–Trinajstić information content (AvgIpc) is 2.05. The Balaban J connectivity index is 2.91. The van der Waals surface area contributed by atoms with Crippen molar-refractivity contribution in [1.29, 1.82) is 0 Å². The van der Waals surface area contributed by atoms with Crippen molar-refractivity contribution in [2.45, 2.75) is 0 Å². The van der Waals surface area contributed by atoms with E-state index in [2.05, 4.69) is 0 Å². The Hall–Kier alpha value is -1.31. The predicted molar refractivity (Wildman–Crippen MR) is 38.4 cm³/mol. The van der Waals surface area contributed by atoms with Crippen LogP contribution < -0.4 is 4.74 Å². The summed E-state index contributed by atoms with van der Waals surface area (Å²) < 4.78 is 11.6. The fourth-order valence-electron chi connectivity index (χ4n) is 0.659. The first-order chi connectivity index (χ1) is 5.24. The highest BCUT2D eigenvalue weighted by molar-refractivity contribution is 5.74. The maximum absolute atomic E-state index is 10.5. The van der Waals surface area contributed by atoms with Crippen LogP contribution in [-0.2, 0) is 0 Å². The van der Waals surface area contributed by atoms with E-state index in [1.54, 1.807) is 31.4 Å². The van der Waals surface area contributed by atoms with Gasteiger partial charge in [0, 0.05) is 5.56 Å². The molecule has 2 nitrogen and oxygen atoms in total. The lowest BCUT2D eigenvalue weighted by Gasteiger charge is -1.96. The van der Waals surface area contributed by atoms with E-state index in [0.717, 1.165) is 0 Å². The molecule has 0 fully saturated rings. The molecule has 52 valence electrons. The van der Waals surface area contributed by atoms with Gasteiger partial charge in [0.1, 0.15) is 13.4 Å². The molecule has 1 rings (SSSR count). The molecule has 1 aromatic carbocycles. The number of rotatable bonds is 2. The molecule has 0 spiro atoms. The third-order valence-electron chi connectivity index (χ3n) is 1.21. The lowest BCUT2D eigenvalue weighted by atomic mass is 10.3. The topological polar surface area (TPSA) is 26.3 Å². The Kier molecular flexibility index (Phi) is 1.65. The van der Waals surface area contributed by atoms with E-state index in [9.17, 15) is 4.79 Å². The number of methoxy groups -OCH3 is 1. The second kappa shape index (κ2) is 3.01. The Labute approximate surface area is 60.8 Å². The van der Waals surface area contributed by atoms with E-state index in [4.69, 9.17) is 6.11 Å². The number of benzene rings is 1. The highest BCUT2D eigenvalue weighted by atomic mass is 16.5. The Morgan fingerprint density at radius 3 is 2.50 bits per heavy atom. The first-order valence-electron chi connectivity index (χ1n) is 3.39. The van der Waals surface area contributed by atoms with Gasteiger partial charge in [0.2, 0.25) is 0 Å². The second-order valence-electron chi connectivity index (χ2n) is 1.83. The van der Waals surface area contributed by atoms with Gasteiger partial charge in [-0.2, -0.15) is 0 Å². The fraction of sp³-hybridized carbons (Fsp3) is 0.125. The third kappa shape index (κ3) is 1.35. The number of carbonyl (C=O) groups is 1. The molecule has 0 N–H and O–H groups in total. The van der Waals surface area contributed by atoms with Crippen LogP contribution in [0.1, 0.15) is 11.7 Å². The molecule has 0 radical (unpaired) electrons. The number of carbonyl (C=O) groups excluding carboxylic acids is 1. The standard InChI is InChI=1S/C8H8O2/c1-10-8-4-2-7(6-9)3-5-8/h2-6H,1H3/i6+1D. The molecular formula is C8H8O2. The second-order valence-corrected chi connectivity index (χ2v) is 1.83. The molecule has 1 aromatic rings. The van der Waals surface area contributed by atoms with Crippen molar-refractivity contribution in [3.63, 3.8) is 0 Å². The van der Waals surface area contributed by atoms with Crippen molar-refractivity contribution in [2.75, 3.05) is 7.11 Å². The molecule has 0 aliphatic rings. The van der Waals surface area contributed by atoms with Crippen molar-refractivity contribution >= 4 is 6.26 Å². The average molecular weight is 138 g/mol. The largest absolute Gasteiger partial charge is 0.497 e. The molecule has 0 saturated carbocycles. The molecule has 0 aromatic heterocycles. The van der Waals surface area contributed by atoms with E-state index >= 15 is 0 Å². The van der Waals surface area contributed by atoms with Gasteiger partial charge in [0.15, 0.2) is 0 Å². The third-order valence-corrected chi connectivity index (χ3v) is 1.21. The van der Waals surface area contributed by atoms with E-state index in [0.29, 0.717) is 11.3 Å². The van der Waals surface area contributed by atoms with E-state index < -0.39 is 6.26 Å². The Morgan fingerprint density at radius 2 is 2.10 bits per heavy atom. The first-order valence-corrected chi connectivity index (χ1v) is 2.89. The summed E-state index contributed by atoms with van der Waals surface area (Å²) in [4.78, 5) is 10.5. The molecule has 0 unspecified atom stereocenters. The molecular weight excluding hydrogens is 129 g/mol. The molecule has 0 heterocycles. The van der Waals surface area contributed by atoms with Crippen LogP contribution in [0.25, 0.3) is 0 Å². The van der Waals surface area contributed by atoms with Gasteiger partial charge in [-0.25, -0.2) is 0 Å². The van der Waals surface area contributed by atoms with Crippen molar-refractivity contribution in [2.24, 2.45) is 0 Å². The molecule has 0 aliphatic heterocycles. The molecule has 0 amide bonds. The zero-order valence-corrected chi connectivity index (χ0v) is 5.63. The van der Waals surface area contributed by atoms with Crippen LogP contribution in [0.3, 0.4) is 0 Å². The molecule has 0 bridgehead atoms. The zero-order valence-electron chi connectivity index (χ0n) is 6.63. The van der Waals surface area contributed by atoms with E-state index in [1.165, 1.54) is 0 Å². The van der Waals surface area contributed by atoms with Gasteiger partial charge in [0.25, 0.3) is 0 Å². The summed E-state index contributed by atoms with van der Waals surface area (Å²) in [6, 6.07) is 6.44. The summed E-state index contributed by atoms with van der Waals surface area (Å²) in [5, 5.41) is 0. The molecule has 2 heteroatoms. The van der Waals surface area contributed by atoms with Crippen LogP contribution in [0.4, 0.5) is 0 Å².